The molecular weight excluding hydrogens is 395 g/mol. The van der Waals surface area contributed by atoms with E-state index in [9.17, 15) is 4.79 Å². The number of hydrogen-bond donors (Lipinski definition) is 0. The molecule has 19 heavy (non-hydrogen) atoms. The van der Waals surface area contributed by atoms with Crippen LogP contribution in [0.3, 0.4) is 0 Å². The summed E-state index contributed by atoms with van der Waals surface area (Å²) in [4.78, 5) is 12.3. The second-order valence-electron chi connectivity index (χ2n) is 3.81. The van der Waals surface area contributed by atoms with Crippen molar-refractivity contribution in [2.45, 2.75) is 0 Å². The normalized spacial score (nSPS) is 10.3. The zero-order chi connectivity index (χ0) is 14.0. The SMILES string of the molecule is COc1ccc(C(=O)c2ccc(Cl)c(Br)c2)cc1Br. The van der Waals surface area contributed by atoms with E-state index < -0.39 is 0 Å². The van der Waals surface area contributed by atoms with Gasteiger partial charge in [0.25, 0.3) is 0 Å². The smallest absolute Gasteiger partial charge is 0.193 e. The molecule has 0 aliphatic carbocycles. The highest BCUT2D eigenvalue weighted by Gasteiger charge is 2.12. The zero-order valence-electron chi connectivity index (χ0n) is 9.91. The van der Waals surface area contributed by atoms with E-state index in [2.05, 4.69) is 31.9 Å². The molecule has 2 aromatic carbocycles. The number of halogens is 3. The van der Waals surface area contributed by atoms with Gasteiger partial charge in [-0.25, -0.2) is 0 Å². The Morgan fingerprint density at radius 1 is 1.05 bits per heavy atom. The van der Waals surface area contributed by atoms with Gasteiger partial charge in [-0.05, 0) is 68.3 Å². The minimum Gasteiger partial charge on any atom is -0.496 e. The molecule has 0 saturated carbocycles. The molecule has 2 rings (SSSR count). The van der Waals surface area contributed by atoms with Crippen LogP contribution in [0.25, 0.3) is 0 Å². The van der Waals surface area contributed by atoms with Crippen molar-refractivity contribution in [1.29, 1.82) is 0 Å². The molecule has 0 bridgehead atoms. The lowest BCUT2D eigenvalue weighted by atomic mass is 10.0. The van der Waals surface area contributed by atoms with Crippen LogP contribution in [-0.4, -0.2) is 12.9 Å². The quantitative estimate of drug-likeness (QED) is 0.665. The van der Waals surface area contributed by atoms with Crippen molar-refractivity contribution in [2.24, 2.45) is 0 Å². The van der Waals surface area contributed by atoms with Gasteiger partial charge in [0.15, 0.2) is 5.78 Å². The van der Waals surface area contributed by atoms with Crippen LogP contribution in [0.1, 0.15) is 15.9 Å². The summed E-state index contributed by atoms with van der Waals surface area (Å²) in [5, 5.41) is 0.576. The molecule has 5 heteroatoms. The maximum atomic E-state index is 12.3. The molecule has 0 aliphatic heterocycles. The molecule has 0 heterocycles. The van der Waals surface area contributed by atoms with Gasteiger partial charge in [-0.2, -0.15) is 0 Å². The van der Waals surface area contributed by atoms with Crippen LogP contribution in [0.2, 0.25) is 5.02 Å². The van der Waals surface area contributed by atoms with Crippen molar-refractivity contribution < 1.29 is 9.53 Å². The third-order valence-electron chi connectivity index (χ3n) is 2.60. The Hall–Kier alpha value is -0.840. The Kier molecular flexibility index (Phi) is 4.66. The summed E-state index contributed by atoms with van der Waals surface area (Å²) in [6.07, 6.45) is 0. The maximum Gasteiger partial charge on any atom is 0.193 e. The molecule has 0 N–H and O–H groups in total. The average Bonchev–Trinajstić information content (AvgIpc) is 2.41. The summed E-state index contributed by atoms with van der Waals surface area (Å²) in [5.41, 5.74) is 1.16. The lowest BCUT2D eigenvalue weighted by Gasteiger charge is -2.06. The molecule has 2 nitrogen and oxygen atoms in total. The van der Waals surface area contributed by atoms with Gasteiger partial charge in [-0.1, -0.05) is 11.6 Å². The topological polar surface area (TPSA) is 26.3 Å². The highest BCUT2D eigenvalue weighted by molar-refractivity contribution is 9.10. The lowest BCUT2D eigenvalue weighted by Crippen LogP contribution is -2.01. The number of carbonyl (C=O) groups is 1. The number of methoxy groups -OCH3 is 1. The third kappa shape index (κ3) is 3.19. The fraction of sp³-hybridized carbons (Fsp3) is 0.0714. The molecular formula is C14H9Br2ClO2. The number of ketones is 1. The van der Waals surface area contributed by atoms with Crippen molar-refractivity contribution in [3.8, 4) is 5.75 Å². The van der Waals surface area contributed by atoms with E-state index in [4.69, 9.17) is 16.3 Å². The van der Waals surface area contributed by atoms with E-state index in [1.54, 1.807) is 43.5 Å². The Morgan fingerprint density at radius 2 is 1.63 bits per heavy atom. The predicted molar refractivity (Wildman–Crippen MR) is 83.3 cm³/mol. The van der Waals surface area contributed by atoms with Crippen LogP contribution in [0.5, 0.6) is 5.75 Å². The molecule has 0 fully saturated rings. The molecule has 2 aromatic rings. The second kappa shape index (κ2) is 6.07. The van der Waals surface area contributed by atoms with E-state index >= 15 is 0 Å². The molecule has 0 aliphatic rings. The van der Waals surface area contributed by atoms with Crippen LogP contribution in [0, 0.1) is 0 Å². The first kappa shape index (κ1) is 14.6. The lowest BCUT2D eigenvalue weighted by molar-refractivity contribution is 0.103. The molecule has 98 valence electrons. The summed E-state index contributed by atoms with van der Waals surface area (Å²) in [7, 11) is 1.58. The van der Waals surface area contributed by atoms with Gasteiger partial charge in [0.05, 0.1) is 16.6 Å². The van der Waals surface area contributed by atoms with Gasteiger partial charge < -0.3 is 4.74 Å². The van der Waals surface area contributed by atoms with Gasteiger partial charge in [-0.3, -0.25) is 4.79 Å². The van der Waals surface area contributed by atoms with Crippen LogP contribution in [-0.2, 0) is 0 Å². The van der Waals surface area contributed by atoms with Gasteiger partial charge in [0, 0.05) is 15.6 Å². The number of carbonyl (C=O) groups excluding carboxylic acids is 1. The van der Waals surface area contributed by atoms with E-state index in [-0.39, 0.29) is 5.78 Å². The molecule has 0 saturated heterocycles. The second-order valence-corrected chi connectivity index (χ2v) is 5.92. The van der Waals surface area contributed by atoms with E-state index in [0.717, 1.165) is 4.47 Å². The minimum atomic E-state index is -0.0688. The van der Waals surface area contributed by atoms with Crippen LogP contribution in [0.15, 0.2) is 45.3 Å². The van der Waals surface area contributed by atoms with Crippen molar-refractivity contribution in [3.05, 3.63) is 61.5 Å². The number of benzene rings is 2. The first-order valence-electron chi connectivity index (χ1n) is 5.36. The summed E-state index contributed by atoms with van der Waals surface area (Å²) in [6.45, 7) is 0. The Labute approximate surface area is 133 Å². The van der Waals surface area contributed by atoms with Gasteiger partial charge in [-0.15, -0.1) is 0 Å². The van der Waals surface area contributed by atoms with Crippen molar-refractivity contribution >= 4 is 49.2 Å². The van der Waals surface area contributed by atoms with E-state index in [0.29, 0.717) is 26.4 Å². The molecule has 0 unspecified atom stereocenters. The highest BCUT2D eigenvalue weighted by Crippen LogP contribution is 2.28. The van der Waals surface area contributed by atoms with Crippen LogP contribution >= 0.6 is 43.5 Å². The van der Waals surface area contributed by atoms with Crippen molar-refractivity contribution in [1.82, 2.24) is 0 Å². The van der Waals surface area contributed by atoms with Gasteiger partial charge in [0.1, 0.15) is 5.75 Å². The standard InChI is InChI=1S/C14H9Br2ClO2/c1-19-13-5-3-9(7-11(13)16)14(18)8-2-4-12(17)10(15)6-8/h2-7H,1H3. The first-order valence-corrected chi connectivity index (χ1v) is 7.32. The third-order valence-corrected chi connectivity index (χ3v) is 4.43. The first-order chi connectivity index (χ1) is 9.02. The van der Waals surface area contributed by atoms with E-state index in [1.165, 1.54) is 0 Å². The molecule has 0 atom stereocenters. The number of rotatable bonds is 3. The van der Waals surface area contributed by atoms with Crippen molar-refractivity contribution in [2.75, 3.05) is 7.11 Å². The Bertz CT molecular complexity index is 641. The average molecular weight is 404 g/mol. The largest absolute Gasteiger partial charge is 0.496 e. The van der Waals surface area contributed by atoms with Crippen molar-refractivity contribution in [3.63, 3.8) is 0 Å². The highest BCUT2D eigenvalue weighted by atomic mass is 79.9. The fourth-order valence-electron chi connectivity index (χ4n) is 1.61. The molecule has 0 spiro atoms. The Morgan fingerprint density at radius 3 is 2.16 bits per heavy atom. The van der Waals surface area contributed by atoms with Gasteiger partial charge in [0.2, 0.25) is 0 Å². The summed E-state index contributed by atoms with van der Waals surface area (Å²) in [5.74, 6) is 0.620. The predicted octanol–water partition coefficient (Wildman–Crippen LogP) is 5.10. The van der Waals surface area contributed by atoms with Gasteiger partial charge >= 0.3 is 0 Å². The number of hydrogen-bond acceptors (Lipinski definition) is 2. The molecule has 0 aromatic heterocycles. The summed E-state index contributed by atoms with van der Waals surface area (Å²) < 4.78 is 6.58. The summed E-state index contributed by atoms with van der Waals surface area (Å²) in [6, 6.07) is 10.3. The fourth-order valence-corrected chi connectivity index (χ4v) is 2.65. The Balaban J connectivity index is 2.38. The molecule has 0 amide bonds. The van der Waals surface area contributed by atoms with Crippen LogP contribution < -0.4 is 4.74 Å². The molecule has 0 radical (unpaired) electrons. The number of ether oxygens (including phenoxy) is 1. The zero-order valence-corrected chi connectivity index (χ0v) is 13.8. The van der Waals surface area contributed by atoms with E-state index in [1.807, 2.05) is 0 Å². The summed E-state index contributed by atoms with van der Waals surface area (Å²) >= 11 is 12.6. The monoisotopic (exact) mass is 402 g/mol. The maximum absolute atomic E-state index is 12.3. The van der Waals surface area contributed by atoms with Crippen LogP contribution in [0.4, 0.5) is 0 Å². The minimum absolute atomic E-state index is 0.0688.